The van der Waals surface area contributed by atoms with Crippen molar-refractivity contribution in [2.75, 3.05) is 0 Å². The molecule has 0 atom stereocenters. The highest BCUT2D eigenvalue weighted by Crippen LogP contribution is 2.26. The summed E-state index contributed by atoms with van der Waals surface area (Å²) in [5.74, 6) is 0. The Balaban J connectivity index is 1.63. The molecule has 0 fully saturated rings. The van der Waals surface area contributed by atoms with Crippen LogP contribution in [0.2, 0.25) is 0 Å². The summed E-state index contributed by atoms with van der Waals surface area (Å²) in [5.41, 5.74) is 4.28. The summed E-state index contributed by atoms with van der Waals surface area (Å²) in [7, 11) is 0. The van der Waals surface area contributed by atoms with E-state index in [1.54, 1.807) is 11.3 Å². The van der Waals surface area contributed by atoms with Crippen molar-refractivity contribution in [3.05, 3.63) is 71.7 Å². The third kappa shape index (κ3) is 2.44. The van der Waals surface area contributed by atoms with Crippen LogP contribution in [0.25, 0.3) is 22.2 Å². The smallest absolute Gasteiger partial charge is 0.209 e. The molecule has 0 saturated carbocycles. The fraction of sp³-hybridized carbons (Fsp3) is 0. The van der Waals surface area contributed by atoms with Gasteiger partial charge < -0.3 is 4.98 Å². The number of thiazole rings is 1. The molecule has 3 nitrogen and oxygen atoms in total. The molecule has 106 valence electrons. The molecular formula is C18H13N3S. The summed E-state index contributed by atoms with van der Waals surface area (Å²) in [6.07, 6.45) is 3.84. The lowest BCUT2D eigenvalue weighted by Crippen LogP contribution is -1.77. The Labute approximate surface area is 132 Å². The Bertz CT molecular complexity index is 935. The maximum absolute atomic E-state index is 4.57. The number of aromatic amines is 1. The van der Waals surface area contributed by atoms with Crippen molar-refractivity contribution in [3.8, 4) is 11.3 Å². The third-order valence-corrected chi connectivity index (χ3v) is 4.25. The standard InChI is InChI=1S/C18H13N3S/c1-2-6-13(7-3-1)17-12-22-18(21-17)20-11-14-10-19-16-9-5-4-8-15(14)16/h1-12,19H. The Kier molecular flexibility index (Phi) is 3.29. The maximum Gasteiger partial charge on any atom is 0.209 e. The van der Waals surface area contributed by atoms with E-state index in [1.165, 1.54) is 5.39 Å². The zero-order valence-corrected chi connectivity index (χ0v) is 12.5. The van der Waals surface area contributed by atoms with E-state index >= 15 is 0 Å². The van der Waals surface area contributed by atoms with Crippen LogP contribution in [0, 0.1) is 0 Å². The highest BCUT2D eigenvalue weighted by molar-refractivity contribution is 7.13. The van der Waals surface area contributed by atoms with Gasteiger partial charge in [-0.05, 0) is 6.07 Å². The number of hydrogen-bond acceptors (Lipinski definition) is 3. The first-order chi connectivity index (χ1) is 10.9. The molecular weight excluding hydrogens is 290 g/mol. The molecule has 0 bridgehead atoms. The second-order valence-electron chi connectivity index (χ2n) is 4.93. The quantitative estimate of drug-likeness (QED) is 0.529. The van der Waals surface area contributed by atoms with Crippen molar-refractivity contribution in [2.24, 2.45) is 4.99 Å². The fourth-order valence-corrected chi connectivity index (χ4v) is 3.06. The van der Waals surface area contributed by atoms with Crippen LogP contribution < -0.4 is 0 Å². The van der Waals surface area contributed by atoms with E-state index in [1.807, 2.05) is 48.1 Å². The summed E-state index contributed by atoms with van der Waals surface area (Å²) in [5, 5.41) is 3.98. The first kappa shape index (κ1) is 13.0. The van der Waals surface area contributed by atoms with E-state index in [-0.39, 0.29) is 0 Å². The molecule has 1 N–H and O–H groups in total. The van der Waals surface area contributed by atoms with E-state index in [9.17, 15) is 0 Å². The van der Waals surface area contributed by atoms with Gasteiger partial charge in [-0.1, -0.05) is 48.5 Å². The van der Waals surface area contributed by atoms with Gasteiger partial charge in [0.05, 0.1) is 5.69 Å². The summed E-state index contributed by atoms with van der Waals surface area (Å²) < 4.78 is 0. The van der Waals surface area contributed by atoms with E-state index in [0.29, 0.717) is 0 Å². The first-order valence-electron chi connectivity index (χ1n) is 7.01. The maximum atomic E-state index is 4.57. The molecule has 0 saturated heterocycles. The van der Waals surface area contributed by atoms with Crippen molar-refractivity contribution in [2.45, 2.75) is 0 Å². The minimum Gasteiger partial charge on any atom is -0.361 e. The highest BCUT2D eigenvalue weighted by atomic mass is 32.1. The van der Waals surface area contributed by atoms with E-state index < -0.39 is 0 Å². The molecule has 2 aromatic carbocycles. The lowest BCUT2D eigenvalue weighted by Gasteiger charge is -1.93. The van der Waals surface area contributed by atoms with Gasteiger partial charge in [-0.25, -0.2) is 9.98 Å². The molecule has 4 heteroatoms. The van der Waals surface area contributed by atoms with Crippen LogP contribution in [0.15, 0.2) is 71.2 Å². The first-order valence-corrected chi connectivity index (χ1v) is 7.89. The molecule has 0 radical (unpaired) electrons. The largest absolute Gasteiger partial charge is 0.361 e. The zero-order valence-electron chi connectivity index (χ0n) is 11.7. The predicted octanol–water partition coefficient (Wildman–Crippen LogP) is 5.04. The van der Waals surface area contributed by atoms with Crippen molar-refractivity contribution in [1.29, 1.82) is 0 Å². The van der Waals surface area contributed by atoms with Gasteiger partial charge in [-0.3, -0.25) is 0 Å². The van der Waals surface area contributed by atoms with Crippen LogP contribution in [0.4, 0.5) is 5.13 Å². The van der Waals surface area contributed by atoms with Crippen LogP contribution in [-0.2, 0) is 0 Å². The predicted molar refractivity (Wildman–Crippen MR) is 93.1 cm³/mol. The lowest BCUT2D eigenvalue weighted by atomic mass is 10.2. The van der Waals surface area contributed by atoms with E-state index in [2.05, 4.69) is 39.2 Å². The van der Waals surface area contributed by atoms with Crippen LogP contribution >= 0.6 is 11.3 Å². The number of fused-ring (bicyclic) bond motifs is 1. The van der Waals surface area contributed by atoms with Crippen LogP contribution in [0.3, 0.4) is 0 Å². The Hall–Kier alpha value is -2.72. The fourth-order valence-electron chi connectivity index (χ4n) is 2.39. The number of nitrogens with zero attached hydrogens (tertiary/aromatic N) is 2. The van der Waals surface area contributed by atoms with Gasteiger partial charge in [0, 0.05) is 39.8 Å². The topological polar surface area (TPSA) is 41.0 Å². The second-order valence-corrected chi connectivity index (χ2v) is 5.77. The molecule has 2 heterocycles. The summed E-state index contributed by atoms with van der Waals surface area (Å²) >= 11 is 1.55. The number of para-hydroxylation sites is 1. The molecule has 0 unspecified atom stereocenters. The normalized spacial score (nSPS) is 11.5. The molecule has 0 aliphatic rings. The Morgan fingerprint density at radius 3 is 2.73 bits per heavy atom. The summed E-state index contributed by atoms with van der Waals surface area (Å²) in [4.78, 5) is 12.3. The number of H-pyrrole nitrogens is 1. The Morgan fingerprint density at radius 1 is 1.00 bits per heavy atom. The van der Waals surface area contributed by atoms with Gasteiger partial charge in [0.15, 0.2) is 0 Å². The summed E-state index contributed by atoms with van der Waals surface area (Å²) in [6.45, 7) is 0. The molecule has 22 heavy (non-hydrogen) atoms. The van der Waals surface area contributed by atoms with Crippen LogP contribution in [0.5, 0.6) is 0 Å². The third-order valence-electron chi connectivity index (χ3n) is 3.50. The molecule has 4 rings (SSSR count). The van der Waals surface area contributed by atoms with Crippen molar-refractivity contribution in [1.82, 2.24) is 9.97 Å². The van der Waals surface area contributed by atoms with Crippen molar-refractivity contribution >= 4 is 33.6 Å². The van der Waals surface area contributed by atoms with Gasteiger partial charge in [0.25, 0.3) is 0 Å². The molecule has 4 aromatic rings. The number of aromatic nitrogens is 2. The van der Waals surface area contributed by atoms with Crippen LogP contribution in [0.1, 0.15) is 5.56 Å². The molecule has 0 aliphatic heterocycles. The molecule has 0 spiro atoms. The molecule has 2 aromatic heterocycles. The number of hydrogen-bond donors (Lipinski definition) is 1. The van der Waals surface area contributed by atoms with Gasteiger partial charge in [0.1, 0.15) is 0 Å². The van der Waals surface area contributed by atoms with Gasteiger partial charge in [-0.2, -0.15) is 0 Å². The molecule has 0 amide bonds. The van der Waals surface area contributed by atoms with E-state index in [4.69, 9.17) is 0 Å². The minimum absolute atomic E-state index is 0.768. The number of aliphatic imine (C=N–C) groups is 1. The lowest BCUT2D eigenvalue weighted by molar-refractivity contribution is 1.36. The van der Waals surface area contributed by atoms with Gasteiger partial charge in [0.2, 0.25) is 5.13 Å². The average molecular weight is 303 g/mol. The average Bonchev–Trinajstić information content (AvgIpc) is 3.21. The van der Waals surface area contributed by atoms with Gasteiger partial charge in [-0.15, -0.1) is 11.3 Å². The number of benzene rings is 2. The second kappa shape index (κ2) is 5.58. The highest BCUT2D eigenvalue weighted by Gasteiger charge is 2.03. The number of rotatable bonds is 3. The van der Waals surface area contributed by atoms with Crippen LogP contribution in [-0.4, -0.2) is 16.2 Å². The van der Waals surface area contributed by atoms with Gasteiger partial charge >= 0.3 is 0 Å². The number of nitrogens with one attached hydrogen (secondary N) is 1. The van der Waals surface area contributed by atoms with E-state index in [0.717, 1.165) is 27.5 Å². The zero-order chi connectivity index (χ0) is 14.8. The SMILES string of the molecule is C(=Nc1nc(-c2ccccc2)cs1)c1c[nH]c2ccccc12. The van der Waals surface area contributed by atoms with Crippen molar-refractivity contribution < 1.29 is 0 Å². The molecule has 0 aliphatic carbocycles. The minimum atomic E-state index is 0.768. The monoisotopic (exact) mass is 303 g/mol. The Morgan fingerprint density at radius 2 is 1.82 bits per heavy atom. The summed E-state index contributed by atoms with van der Waals surface area (Å²) in [6, 6.07) is 18.4. The van der Waals surface area contributed by atoms with Crippen molar-refractivity contribution in [3.63, 3.8) is 0 Å².